The molecule has 5 heteroatoms. The summed E-state index contributed by atoms with van der Waals surface area (Å²) in [7, 11) is 1.65. The monoisotopic (exact) mass is 328 g/mol. The first-order valence-corrected chi connectivity index (χ1v) is 8.33. The van der Waals surface area contributed by atoms with Gasteiger partial charge in [-0.05, 0) is 36.6 Å². The van der Waals surface area contributed by atoms with Crippen LogP contribution >= 0.6 is 0 Å². The number of ether oxygens (including phenoxy) is 2. The Morgan fingerprint density at radius 3 is 2.71 bits per heavy atom. The third-order valence-corrected chi connectivity index (χ3v) is 4.31. The highest BCUT2D eigenvalue weighted by atomic mass is 16.5. The van der Waals surface area contributed by atoms with Gasteiger partial charge in [0.05, 0.1) is 13.2 Å². The molecule has 1 aliphatic rings. The van der Waals surface area contributed by atoms with Gasteiger partial charge in [0.25, 0.3) is 0 Å². The van der Waals surface area contributed by atoms with Gasteiger partial charge in [-0.3, -0.25) is 9.88 Å². The number of rotatable bonds is 6. The lowest BCUT2D eigenvalue weighted by atomic mass is 10.1. The minimum absolute atomic E-state index is 0.143. The maximum absolute atomic E-state index is 9.62. The first kappa shape index (κ1) is 16.7. The van der Waals surface area contributed by atoms with Crippen LogP contribution in [-0.2, 0) is 13.2 Å². The number of hydrogen-bond donors (Lipinski definition) is 1. The standard InChI is InChI=1S/C19H24N2O3/c1-23-18-5-4-15(13-21-9-6-17(22)7-10-21)11-19(18)24-14-16-3-2-8-20-12-16/h2-5,8,11-12,17,22H,6-7,9-10,13-14H2,1H3. The van der Waals surface area contributed by atoms with Crippen LogP contribution in [0.15, 0.2) is 42.7 Å². The van der Waals surface area contributed by atoms with E-state index in [0.29, 0.717) is 6.61 Å². The SMILES string of the molecule is COc1ccc(CN2CCC(O)CC2)cc1OCc1cccnc1. The quantitative estimate of drug-likeness (QED) is 0.883. The number of likely N-dealkylation sites (tertiary alicyclic amines) is 1. The Kier molecular flexibility index (Phi) is 5.67. The molecule has 0 atom stereocenters. The van der Waals surface area contributed by atoms with Gasteiger partial charge in [0.1, 0.15) is 6.61 Å². The molecular formula is C19H24N2O3. The topological polar surface area (TPSA) is 54.8 Å². The summed E-state index contributed by atoms with van der Waals surface area (Å²) in [6.45, 7) is 3.18. The first-order valence-electron chi connectivity index (χ1n) is 8.33. The molecule has 0 saturated carbocycles. The lowest BCUT2D eigenvalue weighted by molar-refractivity contribution is 0.0792. The Bertz CT molecular complexity index is 640. The summed E-state index contributed by atoms with van der Waals surface area (Å²) >= 11 is 0. The second-order valence-electron chi connectivity index (χ2n) is 6.14. The number of aromatic nitrogens is 1. The zero-order valence-electron chi connectivity index (χ0n) is 14.0. The molecule has 0 amide bonds. The van der Waals surface area contributed by atoms with E-state index in [1.807, 2.05) is 24.3 Å². The molecule has 1 aliphatic heterocycles. The number of benzene rings is 1. The zero-order chi connectivity index (χ0) is 16.8. The van der Waals surface area contributed by atoms with Crippen molar-refractivity contribution in [1.29, 1.82) is 0 Å². The van der Waals surface area contributed by atoms with Crippen LogP contribution in [-0.4, -0.2) is 41.3 Å². The number of nitrogens with zero attached hydrogens (tertiary/aromatic N) is 2. The molecule has 1 aromatic carbocycles. The molecule has 1 N–H and O–H groups in total. The van der Waals surface area contributed by atoms with E-state index in [4.69, 9.17) is 9.47 Å². The van der Waals surface area contributed by atoms with Crippen LogP contribution in [0.3, 0.4) is 0 Å². The summed E-state index contributed by atoms with van der Waals surface area (Å²) < 4.78 is 11.3. The van der Waals surface area contributed by atoms with E-state index in [1.54, 1.807) is 19.5 Å². The van der Waals surface area contributed by atoms with Crippen LogP contribution in [0.1, 0.15) is 24.0 Å². The number of aliphatic hydroxyl groups excluding tert-OH is 1. The molecule has 24 heavy (non-hydrogen) atoms. The van der Waals surface area contributed by atoms with E-state index < -0.39 is 0 Å². The fraction of sp³-hybridized carbons (Fsp3) is 0.421. The molecule has 0 aliphatic carbocycles. The number of pyridine rings is 1. The molecule has 1 fully saturated rings. The summed E-state index contributed by atoms with van der Waals surface area (Å²) in [5, 5.41) is 9.62. The van der Waals surface area contributed by atoms with Gasteiger partial charge in [0.2, 0.25) is 0 Å². The van der Waals surface area contributed by atoms with Gasteiger partial charge in [-0.25, -0.2) is 0 Å². The van der Waals surface area contributed by atoms with E-state index in [9.17, 15) is 5.11 Å². The Morgan fingerprint density at radius 2 is 2.00 bits per heavy atom. The van der Waals surface area contributed by atoms with Crippen molar-refractivity contribution in [1.82, 2.24) is 9.88 Å². The van der Waals surface area contributed by atoms with Crippen molar-refractivity contribution < 1.29 is 14.6 Å². The number of hydrogen-bond acceptors (Lipinski definition) is 5. The van der Waals surface area contributed by atoms with Gasteiger partial charge in [0.15, 0.2) is 11.5 Å². The highest BCUT2D eigenvalue weighted by Crippen LogP contribution is 2.29. The fourth-order valence-corrected chi connectivity index (χ4v) is 2.91. The van der Waals surface area contributed by atoms with Crippen molar-refractivity contribution in [3.63, 3.8) is 0 Å². The minimum atomic E-state index is -0.143. The maximum atomic E-state index is 9.62. The zero-order valence-corrected chi connectivity index (χ0v) is 14.0. The Labute approximate surface area is 142 Å². The van der Waals surface area contributed by atoms with E-state index >= 15 is 0 Å². The predicted molar refractivity (Wildman–Crippen MR) is 92.1 cm³/mol. The van der Waals surface area contributed by atoms with Crippen LogP contribution in [0.4, 0.5) is 0 Å². The normalized spacial score (nSPS) is 16.1. The molecule has 5 nitrogen and oxygen atoms in total. The van der Waals surface area contributed by atoms with Gasteiger partial charge < -0.3 is 14.6 Å². The third-order valence-electron chi connectivity index (χ3n) is 4.31. The van der Waals surface area contributed by atoms with E-state index in [1.165, 1.54) is 5.56 Å². The van der Waals surface area contributed by atoms with Crippen LogP contribution in [0.2, 0.25) is 0 Å². The summed E-state index contributed by atoms with van der Waals surface area (Å²) in [6.07, 6.45) is 5.10. The summed E-state index contributed by atoms with van der Waals surface area (Å²) in [5.41, 5.74) is 2.21. The molecule has 0 radical (unpaired) electrons. The van der Waals surface area contributed by atoms with Crippen LogP contribution in [0, 0.1) is 0 Å². The van der Waals surface area contributed by atoms with Gasteiger partial charge in [-0.1, -0.05) is 12.1 Å². The number of methoxy groups -OCH3 is 1. The summed E-state index contributed by atoms with van der Waals surface area (Å²) in [6, 6.07) is 9.95. The molecule has 0 unspecified atom stereocenters. The van der Waals surface area contributed by atoms with Crippen molar-refractivity contribution in [3.05, 3.63) is 53.9 Å². The number of aliphatic hydroxyl groups is 1. The van der Waals surface area contributed by atoms with Crippen molar-refractivity contribution in [2.24, 2.45) is 0 Å². The minimum Gasteiger partial charge on any atom is -0.493 e. The van der Waals surface area contributed by atoms with E-state index in [-0.39, 0.29) is 6.10 Å². The second kappa shape index (κ2) is 8.13. The molecule has 1 saturated heterocycles. The van der Waals surface area contributed by atoms with Crippen molar-refractivity contribution >= 4 is 0 Å². The van der Waals surface area contributed by atoms with Crippen LogP contribution < -0.4 is 9.47 Å². The lowest BCUT2D eigenvalue weighted by Gasteiger charge is -2.29. The van der Waals surface area contributed by atoms with Gasteiger partial charge in [0, 0.05) is 37.6 Å². The van der Waals surface area contributed by atoms with Gasteiger partial charge in [-0.2, -0.15) is 0 Å². The molecule has 3 rings (SSSR count). The highest BCUT2D eigenvalue weighted by molar-refractivity contribution is 5.43. The van der Waals surface area contributed by atoms with Gasteiger partial charge in [-0.15, -0.1) is 0 Å². The molecule has 0 spiro atoms. The molecular weight excluding hydrogens is 304 g/mol. The van der Waals surface area contributed by atoms with Crippen molar-refractivity contribution in [2.75, 3.05) is 20.2 Å². The van der Waals surface area contributed by atoms with E-state index in [0.717, 1.165) is 49.5 Å². The number of piperidine rings is 1. The maximum Gasteiger partial charge on any atom is 0.161 e. The smallest absolute Gasteiger partial charge is 0.161 e. The summed E-state index contributed by atoms with van der Waals surface area (Å²) in [5.74, 6) is 1.48. The lowest BCUT2D eigenvalue weighted by Crippen LogP contribution is -2.35. The summed E-state index contributed by atoms with van der Waals surface area (Å²) in [4.78, 5) is 6.46. The Hall–Kier alpha value is -2.11. The molecule has 128 valence electrons. The average Bonchev–Trinajstić information content (AvgIpc) is 2.63. The average molecular weight is 328 g/mol. The first-order chi connectivity index (χ1) is 11.7. The molecule has 1 aromatic heterocycles. The Morgan fingerprint density at radius 1 is 1.17 bits per heavy atom. The fourth-order valence-electron chi connectivity index (χ4n) is 2.91. The second-order valence-corrected chi connectivity index (χ2v) is 6.14. The van der Waals surface area contributed by atoms with Gasteiger partial charge >= 0.3 is 0 Å². The van der Waals surface area contributed by atoms with Crippen LogP contribution in [0.5, 0.6) is 11.5 Å². The predicted octanol–water partition coefficient (Wildman–Crippen LogP) is 2.63. The van der Waals surface area contributed by atoms with E-state index in [2.05, 4.69) is 16.0 Å². The molecule has 0 bridgehead atoms. The molecule has 2 heterocycles. The Balaban J connectivity index is 1.66. The van der Waals surface area contributed by atoms with Crippen molar-refractivity contribution in [3.8, 4) is 11.5 Å². The molecule has 2 aromatic rings. The largest absolute Gasteiger partial charge is 0.493 e. The highest BCUT2D eigenvalue weighted by Gasteiger charge is 2.17. The third kappa shape index (κ3) is 4.46. The van der Waals surface area contributed by atoms with Crippen molar-refractivity contribution in [2.45, 2.75) is 32.1 Å². The van der Waals surface area contributed by atoms with Crippen LogP contribution in [0.25, 0.3) is 0 Å².